The van der Waals surface area contributed by atoms with Gasteiger partial charge >= 0.3 is 0 Å². The standard InChI is InChI=1S/C15H22N3O7P/c1-10(2)9-14(19)17(12-5-7-13(8-6-12)18(21)22)16(11(3)4)15(20)26(23,24)25/h5-8,10-11H,9H2,1-4H3,(H2,23,24,25)/p-2. The maximum absolute atomic E-state index is 12.7. The molecule has 0 bridgehead atoms. The van der Waals surface area contributed by atoms with E-state index in [9.17, 15) is 34.1 Å². The first-order valence-corrected chi connectivity index (χ1v) is 9.33. The lowest BCUT2D eigenvalue weighted by atomic mass is 10.1. The minimum absolute atomic E-state index is 0.0322. The van der Waals surface area contributed by atoms with E-state index >= 15 is 0 Å². The normalized spacial score (nSPS) is 11.5. The van der Waals surface area contributed by atoms with Gasteiger partial charge in [0, 0.05) is 32.2 Å². The van der Waals surface area contributed by atoms with E-state index < -0.39 is 30.1 Å². The lowest BCUT2D eigenvalue weighted by Crippen LogP contribution is -2.54. The highest BCUT2D eigenvalue weighted by atomic mass is 31.2. The lowest BCUT2D eigenvalue weighted by Gasteiger charge is -2.42. The number of anilines is 1. The van der Waals surface area contributed by atoms with Crippen LogP contribution in [0.4, 0.5) is 16.2 Å². The van der Waals surface area contributed by atoms with Crippen LogP contribution in [0.5, 0.6) is 0 Å². The third-order valence-electron chi connectivity index (χ3n) is 3.26. The van der Waals surface area contributed by atoms with Gasteiger partial charge < -0.3 is 14.4 Å². The maximum Gasteiger partial charge on any atom is 0.270 e. The monoisotopic (exact) mass is 385 g/mol. The molecular weight excluding hydrogens is 365 g/mol. The number of hydrogen-bond acceptors (Lipinski definition) is 7. The number of carbonyl (C=O) groups is 2. The van der Waals surface area contributed by atoms with Crippen LogP contribution in [0.25, 0.3) is 0 Å². The van der Waals surface area contributed by atoms with E-state index in [1.165, 1.54) is 26.0 Å². The summed E-state index contributed by atoms with van der Waals surface area (Å²) >= 11 is 0. The summed E-state index contributed by atoms with van der Waals surface area (Å²) in [5, 5.41) is 12.1. The first kappa shape index (κ1) is 21.8. The highest BCUT2D eigenvalue weighted by Crippen LogP contribution is 2.33. The summed E-state index contributed by atoms with van der Waals surface area (Å²) < 4.78 is 11.3. The number of carbonyl (C=O) groups excluding carboxylic acids is 2. The topological polar surface area (TPSA) is 147 Å². The lowest BCUT2D eigenvalue weighted by molar-refractivity contribution is -0.384. The van der Waals surface area contributed by atoms with Crippen LogP contribution in [0.3, 0.4) is 0 Å². The average Bonchev–Trinajstić information content (AvgIpc) is 2.49. The minimum atomic E-state index is -5.66. The quantitative estimate of drug-likeness (QED) is 0.411. The Morgan fingerprint density at radius 1 is 1.12 bits per heavy atom. The van der Waals surface area contributed by atoms with Crippen molar-refractivity contribution >= 4 is 30.5 Å². The molecule has 0 aliphatic carbocycles. The van der Waals surface area contributed by atoms with Gasteiger partial charge in [-0.15, -0.1) is 0 Å². The Morgan fingerprint density at radius 2 is 1.62 bits per heavy atom. The van der Waals surface area contributed by atoms with Crippen molar-refractivity contribution in [2.24, 2.45) is 5.92 Å². The van der Waals surface area contributed by atoms with Crippen LogP contribution in [0.2, 0.25) is 0 Å². The molecule has 0 atom stereocenters. The van der Waals surface area contributed by atoms with E-state index in [-0.39, 0.29) is 23.7 Å². The van der Waals surface area contributed by atoms with Crippen LogP contribution in [0.15, 0.2) is 24.3 Å². The largest absolute Gasteiger partial charge is 0.804 e. The zero-order chi connectivity index (χ0) is 20.2. The van der Waals surface area contributed by atoms with Gasteiger partial charge in [0.25, 0.3) is 11.3 Å². The molecule has 0 heterocycles. The SMILES string of the molecule is CC(C)CC(=O)N(c1ccc([N+](=O)[O-])cc1)N(C(=O)P(=O)([O-])[O-])C(C)C. The Bertz CT molecular complexity index is 727. The van der Waals surface area contributed by atoms with Crippen LogP contribution in [0.1, 0.15) is 34.1 Å². The number of hydrogen-bond donors (Lipinski definition) is 0. The molecule has 0 saturated carbocycles. The Labute approximate surface area is 150 Å². The fourth-order valence-electron chi connectivity index (χ4n) is 2.20. The number of amides is 2. The minimum Gasteiger partial charge on any atom is -0.804 e. The van der Waals surface area contributed by atoms with E-state index in [0.29, 0.717) is 5.01 Å². The fourth-order valence-corrected chi connectivity index (χ4v) is 2.77. The second-order valence-corrected chi connectivity index (χ2v) is 7.67. The summed E-state index contributed by atoms with van der Waals surface area (Å²) in [7, 11) is -5.66. The first-order valence-electron chi connectivity index (χ1n) is 7.79. The van der Waals surface area contributed by atoms with E-state index in [4.69, 9.17) is 0 Å². The fraction of sp³-hybridized carbons (Fsp3) is 0.467. The van der Waals surface area contributed by atoms with Gasteiger partial charge in [-0.05, 0) is 31.9 Å². The van der Waals surface area contributed by atoms with Gasteiger partial charge in [0.05, 0.1) is 10.6 Å². The van der Waals surface area contributed by atoms with Gasteiger partial charge in [-0.3, -0.25) is 19.7 Å². The van der Waals surface area contributed by atoms with Crippen LogP contribution < -0.4 is 14.8 Å². The average molecular weight is 385 g/mol. The third-order valence-corrected chi connectivity index (χ3v) is 3.93. The summed E-state index contributed by atoms with van der Waals surface area (Å²) in [5.74, 6) is -0.733. The smallest absolute Gasteiger partial charge is 0.270 e. The van der Waals surface area contributed by atoms with Crippen molar-refractivity contribution < 1.29 is 28.9 Å². The van der Waals surface area contributed by atoms with Gasteiger partial charge in [-0.2, -0.15) is 0 Å². The van der Waals surface area contributed by atoms with Crippen LogP contribution in [-0.4, -0.2) is 27.5 Å². The van der Waals surface area contributed by atoms with Gasteiger partial charge in [0.1, 0.15) is 0 Å². The molecule has 2 amide bonds. The Hall–Kier alpha value is -2.29. The number of non-ortho nitro benzene ring substituents is 1. The molecule has 0 unspecified atom stereocenters. The molecule has 0 spiro atoms. The predicted molar refractivity (Wildman–Crippen MR) is 90.0 cm³/mol. The van der Waals surface area contributed by atoms with Crippen molar-refractivity contribution in [3.05, 3.63) is 34.4 Å². The zero-order valence-electron chi connectivity index (χ0n) is 14.8. The molecule has 11 heteroatoms. The molecule has 10 nitrogen and oxygen atoms in total. The second-order valence-electron chi connectivity index (χ2n) is 6.30. The summed E-state index contributed by atoms with van der Waals surface area (Å²) in [4.78, 5) is 57.4. The van der Waals surface area contributed by atoms with Crippen molar-refractivity contribution in [3.8, 4) is 0 Å². The summed E-state index contributed by atoms with van der Waals surface area (Å²) in [6.07, 6.45) is -0.0322. The molecule has 1 aromatic carbocycles. The molecule has 26 heavy (non-hydrogen) atoms. The summed E-state index contributed by atoms with van der Waals surface area (Å²) in [6.45, 7) is 6.38. The molecule has 1 rings (SSSR count). The predicted octanol–water partition coefficient (Wildman–Crippen LogP) is 1.63. The summed E-state index contributed by atoms with van der Waals surface area (Å²) in [5.41, 5.74) is -1.95. The molecule has 0 aliphatic heterocycles. The van der Waals surface area contributed by atoms with Gasteiger partial charge in [-0.25, -0.2) is 10.0 Å². The molecule has 144 valence electrons. The van der Waals surface area contributed by atoms with E-state index in [1.807, 2.05) is 0 Å². The number of benzene rings is 1. The number of nitro benzene ring substituents is 1. The van der Waals surface area contributed by atoms with E-state index in [1.54, 1.807) is 13.8 Å². The molecule has 0 saturated heterocycles. The van der Waals surface area contributed by atoms with Crippen LogP contribution >= 0.6 is 7.60 Å². The maximum atomic E-state index is 12.7. The molecule has 0 aliphatic rings. The number of nitro groups is 1. The molecule has 0 aromatic heterocycles. The van der Waals surface area contributed by atoms with Crippen LogP contribution in [-0.2, 0) is 9.36 Å². The first-order chi connectivity index (χ1) is 11.9. The second kappa shape index (κ2) is 8.39. The van der Waals surface area contributed by atoms with E-state index in [0.717, 1.165) is 17.1 Å². The van der Waals surface area contributed by atoms with E-state index in [2.05, 4.69) is 0 Å². The molecule has 0 fully saturated rings. The van der Waals surface area contributed by atoms with Crippen molar-refractivity contribution in [3.63, 3.8) is 0 Å². The van der Waals surface area contributed by atoms with Crippen LogP contribution in [0, 0.1) is 16.0 Å². The molecule has 1 aromatic rings. The Balaban J connectivity index is 3.47. The zero-order valence-corrected chi connectivity index (χ0v) is 15.7. The van der Waals surface area contributed by atoms with Gasteiger partial charge in [-0.1, -0.05) is 13.8 Å². The van der Waals surface area contributed by atoms with Crippen molar-refractivity contribution in [2.45, 2.75) is 40.2 Å². The Kier molecular flexibility index (Phi) is 7.02. The van der Waals surface area contributed by atoms with Crippen molar-refractivity contribution in [1.82, 2.24) is 5.01 Å². The number of hydrazine groups is 1. The number of rotatable bonds is 6. The molecular formula is C15H20N3O7P-2. The molecule has 0 N–H and O–H groups in total. The molecule has 0 radical (unpaired) electrons. The van der Waals surface area contributed by atoms with Crippen molar-refractivity contribution in [2.75, 3.05) is 5.01 Å². The number of nitrogens with zero attached hydrogens (tertiary/aromatic N) is 3. The highest BCUT2D eigenvalue weighted by Gasteiger charge is 2.31. The van der Waals surface area contributed by atoms with Gasteiger partial charge in [0.2, 0.25) is 5.91 Å². The summed E-state index contributed by atoms with van der Waals surface area (Å²) in [6, 6.07) is 3.81. The van der Waals surface area contributed by atoms with Crippen molar-refractivity contribution in [1.29, 1.82) is 0 Å². The van der Waals surface area contributed by atoms with Gasteiger partial charge in [0.15, 0.2) is 0 Å². The third kappa shape index (κ3) is 5.35. The highest BCUT2D eigenvalue weighted by molar-refractivity contribution is 7.67. The Morgan fingerprint density at radius 3 is 1.96 bits per heavy atom.